The van der Waals surface area contributed by atoms with E-state index in [1.807, 2.05) is 24.3 Å². The van der Waals surface area contributed by atoms with Crippen LogP contribution in [0.15, 0.2) is 24.3 Å². The Morgan fingerprint density at radius 2 is 2.21 bits per heavy atom. The van der Waals surface area contributed by atoms with Crippen LogP contribution in [0.4, 0.5) is 4.79 Å². The Hall–Kier alpha value is -1.22. The number of nitrogens with zero attached hydrogens (tertiary/aromatic N) is 1. The van der Waals surface area contributed by atoms with Crippen LogP contribution in [0.2, 0.25) is 5.02 Å². The minimum absolute atomic E-state index is 0.0464. The smallest absolute Gasteiger partial charge is 0.317 e. The Morgan fingerprint density at radius 1 is 1.50 bits per heavy atom. The van der Waals surface area contributed by atoms with E-state index in [1.165, 1.54) is 0 Å². The molecule has 3 nitrogen and oxygen atoms in total. The molecule has 1 aliphatic heterocycles. The van der Waals surface area contributed by atoms with Crippen LogP contribution < -0.4 is 5.32 Å². The Bertz CT molecular complexity index is 367. The molecule has 14 heavy (non-hydrogen) atoms. The fourth-order valence-electron chi connectivity index (χ4n) is 1.65. The molecule has 1 N–H and O–H groups in total. The van der Waals surface area contributed by atoms with Crippen LogP contribution in [-0.4, -0.2) is 24.5 Å². The first kappa shape index (κ1) is 9.34. The largest absolute Gasteiger partial charge is 0.336 e. The van der Waals surface area contributed by atoms with Crippen LogP contribution in [-0.2, 0) is 0 Å². The maximum absolute atomic E-state index is 11.2. The Kier molecular flexibility index (Phi) is 2.33. The summed E-state index contributed by atoms with van der Waals surface area (Å²) in [6.45, 7) is 0.624. The predicted molar refractivity (Wildman–Crippen MR) is 55.4 cm³/mol. The van der Waals surface area contributed by atoms with E-state index in [0.29, 0.717) is 11.6 Å². The molecule has 74 valence electrons. The standard InChI is InChI=1S/C10H11ClN2O/c1-13-9(6-12-10(13)14)7-4-2-3-5-8(7)11/h2-5,9H,6H2,1H3,(H,12,14). The second-order valence-electron chi connectivity index (χ2n) is 3.33. The van der Waals surface area contributed by atoms with Crippen molar-refractivity contribution in [3.05, 3.63) is 34.9 Å². The molecule has 1 atom stereocenters. The van der Waals surface area contributed by atoms with Crippen molar-refractivity contribution in [3.8, 4) is 0 Å². The van der Waals surface area contributed by atoms with Gasteiger partial charge < -0.3 is 10.2 Å². The van der Waals surface area contributed by atoms with Gasteiger partial charge in [-0.15, -0.1) is 0 Å². The van der Waals surface area contributed by atoms with Crippen LogP contribution in [0.25, 0.3) is 0 Å². The van der Waals surface area contributed by atoms with Crippen molar-refractivity contribution in [1.29, 1.82) is 0 Å². The van der Waals surface area contributed by atoms with Gasteiger partial charge in [0.25, 0.3) is 0 Å². The quantitative estimate of drug-likeness (QED) is 0.756. The van der Waals surface area contributed by atoms with Gasteiger partial charge in [0.05, 0.1) is 6.04 Å². The first-order valence-corrected chi connectivity index (χ1v) is 4.83. The van der Waals surface area contributed by atoms with E-state index in [4.69, 9.17) is 11.6 Å². The van der Waals surface area contributed by atoms with Crippen molar-refractivity contribution < 1.29 is 4.79 Å². The second kappa shape index (κ2) is 3.50. The highest BCUT2D eigenvalue weighted by Gasteiger charge is 2.29. The van der Waals surface area contributed by atoms with Crippen LogP contribution in [0.3, 0.4) is 0 Å². The van der Waals surface area contributed by atoms with E-state index in [-0.39, 0.29) is 12.1 Å². The van der Waals surface area contributed by atoms with Crippen LogP contribution in [0, 0.1) is 0 Å². The molecule has 1 aromatic carbocycles. The Morgan fingerprint density at radius 3 is 2.79 bits per heavy atom. The lowest BCUT2D eigenvalue weighted by Gasteiger charge is -2.19. The summed E-state index contributed by atoms with van der Waals surface area (Å²) in [5.74, 6) is 0. The number of halogens is 1. The molecule has 0 aliphatic carbocycles. The Labute approximate surface area is 87.7 Å². The molecule has 1 saturated heterocycles. The van der Waals surface area contributed by atoms with Crippen LogP contribution in [0.5, 0.6) is 0 Å². The molecule has 2 rings (SSSR count). The summed E-state index contributed by atoms with van der Waals surface area (Å²) in [4.78, 5) is 12.9. The van der Waals surface area contributed by atoms with Gasteiger partial charge in [0.1, 0.15) is 0 Å². The number of likely N-dealkylation sites (N-methyl/N-ethyl adjacent to an activating group) is 1. The zero-order chi connectivity index (χ0) is 10.1. The number of urea groups is 1. The van der Waals surface area contributed by atoms with Gasteiger partial charge in [-0.3, -0.25) is 0 Å². The van der Waals surface area contributed by atoms with Crippen molar-refractivity contribution in [2.24, 2.45) is 0 Å². The first-order valence-electron chi connectivity index (χ1n) is 4.45. The van der Waals surface area contributed by atoms with Gasteiger partial charge in [0.2, 0.25) is 0 Å². The lowest BCUT2D eigenvalue weighted by molar-refractivity contribution is 0.217. The van der Waals surface area contributed by atoms with Gasteiger partial charge in [0, 0.05) is 18.6 Å². The fourth-order valence-corrected chi connectivity index (χ4v) is 1.91. The van der Waals surface area contributed by atoms with E-state index >= 15 is 0 Å². The minimum atomic E-state index is -0.0464. The van der Waals surface area contributed by atoms with E-state index in [2.05, 4.69) is 5.32 Å². The lowest BCUT2D eigenvalue weighted by atomic mass is 10.1. The molecule has 1 aromatic rings. The van der Waals surface area contributed by atoms with Crippen molar-refractivity contribution in [2.45, 2.75) is 6.04 Å². The highest BCUT2D eigenvalue weighted by atomic mass is 35.5. The summed E-state index contributed by atoms with van der Waals surface area (Å²) in [6.07, 6.45) is 0. The molecule has 4 heteroatoms. The average Bonchev–Trinajstić information content (AvgIpc) is 2.49. The number of carbonyl (C=O) groups is 1. The van der Waals surface area contributed by atoms with Crippen molar-refractivity contribution in [1.82, 2.24) is 10.2 Å². The van der Waals surface area contributed by atoms with Gasteiger partial charge in [-0.1, -0.05) is 29.8 Å². The van der Waals surface area contributed by atoms with E-state index < -0.39 is 0 Å². The molecular formula is C10H11ClN2O. The molecular weight excluding hydrogens is 200 g/mol. The molecule has 2 amide bonds. The third-order valence-electron chi connectivity index (χ3n) is 2.50. The summed E-state index contributed by atoms with van der Waals surface area (Å²) in [6, 6.07) is 7.61. The normalized spacial score (nSPS) is 21.1. The topological polar surface area (TPSA) is 32.3 Å². The SMILES string of the molecule is CN1C(=O)NCC1c1ccccc1Cl. The summed E-state index contributed by atoms with van der Waals surface area (Å²) in [7, 11) is 1.77. The van der Waals surface area contributed by atoms with Gasteiger partial charge in [-0.25, -0.2) is 4.79 Å². The summed E-state index contributed by atoms with van der Waals surface area (Å²) in [5, 5.41) is 3.48. The van der Waals surface area contributed by atoms with Gasteiger partial charge in [0.15, 0.2) is 0 Å². The van der Waals surface area contributed by atoms with E-state index in [1.54, 1.807) is 11.9 Å². The van der Waals surface area contributed by atoms with Crippen molar-refractivity contribution in [3.63, 3.8) is 0 Å². The molecule has 0 bridgehead atoms. The van der Waals surface area contributed by atoms with Gasteiger partial charge in [-0.2, -0.15) is 0 Å². The fraction of sp³-hybridized carbons (Fsp3) is 0.300. The third kappa shape index (κ3) is 1.44. The maximum atomic E-state index is 11.2. The number of hydrogen-bond donors (Lipinski definition) is 1. The van der Waals surface area contributed by atoms with E-state index in [0.717, 1.165) is 5.56 Å². The zero-order valence-corrected chi connectivity index (χ0v) is 8.58. The zero-order valence-electron chi connectivity index (χ0n) is 7.83. The average molecular weight is 211 g/mol. The molecule has 1 unspecified atom stereocenters. The number of rotatable bonds is 1. The van der Waals surface area contributed by atoms with Crippen LogP contribution >= 0.6 is 11.6 Å². The highest BCUT2D eigenvalue weighted by molar-refractivity contribution is 6.31. The number of hydrogen-bond acceptors (Lipinski definition) is 1. The molecule has 0 aromatic heterocycles. The number of nitrogens with one attached hydrogen (secondary N) is 1. The van der Waals surface area contributed by atoms with E-state index in [9.17, 15) is 4.79 Å². The third-order valence-corrected chi connectivity index (χ3v) is 2.84. The minimum Gasteiger partial charge on any atom is -0.336 e. The summed E-state index contributed by atoms with van der Waals surface area (Å²) >= 11 is 6.05. The second-order valence-corrected chi connectivity index (χ2v) is 3.74. The number of benzene rings is 1. The Balaban J connectivity index is 2.32. The van der Waals surface area contributed by atoms with Crippen molar-refractivity contribution >= 4 is 17.6 Å². The lowest BCUT2D eigenvalue weighted by Crippen LogP contribution is -2.25. The molecule has 1 heterocycles. The van der Waals surface area contributed by atoms with Gasteiger partial charge >= 0.3 is 6.03 Å². The maximum Gasteiger partial charge on any atom is 0.317 e. The highest BCUT2D eigenvalue weighted by Crippen LogP contribution is 2.28. The van der Waals surface area contributed by atoms with Crippen molar-refractivity contribution in [2.75, 3.05) is 13.6 Å². The molecule has 1 aliphatic rings. The summed E-state index contributed by atoms with van der Waals surface area (Å²) < 4.78 is 0. The first-order chi connectivity index (χ1) is 6.70. The molecule has 1 fully saturated rings. The molecule has 0 spiro atoms. The van der Waals surface area contributed by atoms with Crippen LogP contribution in [0.1, 0.15) is 11.6 Å². The summed E-state index contributed by atoms with van der Waals surface area (Å²) in [5.41, 5.74) is 0.995. The molecule has 0 saturated carbocycles. The molecule has 0 radical (unpaired) electrons. The monoisotopic (exact) mass is 210 g/mol. The predicted octanol–water partition coefficient (Wildman–Crippen LogP) is 2.04. The van der Waals surface area contributed by atoms with Gasteiger partial charge in [-0.05, 0) is 11.6 Å². The number of carbonyl (C=O) groups excluding carboxylic acids is 1. The number of amides is 2.